The SMILES string of the molecule is COC(=O)/C=C/C(=O)c1cc(C)ccc1OC(C)C. The average molecular weight is 262 g/mol. The van der Waals surface area contributed by atoms with E-state index in [1.165, 1.54) is 13.2 Å². The second kappa shape index (κ2) is 6.73. The van der Waals surface area contributed by atoms with Crippen LogP contribution in [0.5, 0.6) is 5.75 Å². The highest BCUT2D eigenvalue weighted by molar-refractivity contribution is 6.08. The number of ether oxygens (including phenoxy) is 2. The van der Waals surface area contributed by atoms with Crippen LogP contribution in [0.3, 0.4) is 0 Å². The van der Waals surface area contributed by atoms with Gasteiger partial charge >= 0.3 is 5.97 Å². The maximum absolute atomic E-state index is 12.0. The number of aryl methyl sites for hydroxylation is 1. The van der Waals surface area contributed by atoms with Crippen molar-refractivity contribution in [2.45, 2.75) is 26.9 Å². The van der Waals surface area contributed by atoms with Gasteiger partial charge in [-0.2, -0.15) is 0 Å². The highest BCUT2D eigenvalue weighted by Gasteiger charge is 2.12. The minimum Gasteiger partial charge on any atom is -0.490 e. The Morgan fingerprint density at radius 1 is 1.21 bits per heavy atom. The third-order valence-corrected chi connectivity index (χ3v) is 2.34. The first-order valence-electron chi connectivity index (χ1n) is 6.01. The number of ketones is 1. The summed E-state index contributed by atoms with van der Waals surface area (Å²) in [4.78, 5) is 23.0. The highest BCUT2D eigenvalue weighted by atomic mass is 16.5. The van der Waals surface area contributed by atoms with Crippen molar-refractivity contribution in [3.8, 4) is 5.75 Å². The highest BCUT2D eigenvalue weighted by Crippen LogP contribution is 2.22. The molecule has 1 aromatic rings. The molecule has 4 heteroatoms. The summed E-state index contributed by atoms with van der Waals surface area (Å²) in [5.74, 6) is -0.336. The van der Waals surface area contributed by atoms with Gasteiger partial charge in [-0.25, -0.2) is 4.79 Å². The summed E-state index contributed by atoms with van der Waals surface area (Å²) in [5.41, 5.74) is 1.39. The summed E-state index contributed by atoms with van der Waals surface area (Å²) in [6.07, 6.45) is 2.26. The van der Waals surface area contributed by atoms with Crippen molar-refractivity contribution in [2.75, 3.05) is 7.11 Å². The number of methoxy groups -OCH3 is 1. The summed E-state index contributed by atoms with van der Waals surface area (Å²) in [5, 5.41) is 0. The molecular formula is C15H18O4. The number of carbonyl (C=O) groups is 2. The van der Waals surface area contributed by atoms with Gasteiger partial charge in [0.15, 0.2) is 5.78 Å². The van der Waals surface area contributed by atoms with Crippen LogP contribution < -0.4 is 4.74 Å². The van der Waals surface area contributed by atoms with E-state index in [9.17, 15) is 9.59 Å². The number of rotatable bonds is 5. The molecule has 0 aliphatic heterocycles. The van der Waals surface area contributed by atoms with Crippen LogP contribution >= 0.6 is 0 Å². The molecule has 0 saturated carbocycles. The Morgan fingerprint density at radius 2 is 1.89 bits per heavy atom. The summed E-state index contributed by atoms with van der Waals surface area (Å²) in [6.45, 7) is 5.66. The van der Waals surface area contributed by atoms with Gasteiger partial charge in [-0.1, -0.05) is 11.6 Å². The molecule has 0 heterocycles. The molecule has 0 saturated heterocycles. The lowest BCUT2D eigenvalue weighted by atomic mass is 10.1. The Labute approximate surface area is 113 Å². The van der Waals surface area contributed by atoms with Crippen LogP contribution in [0.1, 0.15) is 29.8 Å². The second-order valence-electron chi connectivity index (χ2n) is 4.39. The lowest BCUT2D eigenvalue weighted by molar-refractivity contribution is -0.134. The number of benzene rings is 1. The molecule has 0 aliphatic rings. The Morgan fingerprint density at radius 3 is 2.47 bits per heavy atom. The zero-order chi connectivity index (χ0) is 14.4. The van der Waals surface area contributed by atoms with Crippen LogP contribution in [0.25, 0.3) is 0 Å². The van der Waals surface area contributed by atoms with Gasteiger partial charge in [0.1, 0.15) is 5.75 Å². The third kappa shape index (κ3) is 4.58. The zero-order valence-electron chi connectivity index (χ0n) is 11.6. The first kappa shape index (κ1) is 15.0. The Balaban J connectivity index is 3.03. The number of carbonyl (C=O) groups excluding carboxylic acids is 2. The normalized spacial score (nSPS) is 10.8. The molecule has 19 heavy (non-hydrogen) atoms. The van der Waals surface area contributed by atoms with Gasteiger partial charge in [0.25, 0.3) is 0 Å². The van der Waals surface area contributed by atoms with Crippen LogP contribution in [0.2, 0.25) is 0 Å². The van der Waals surface area contributed by atoms with E-state index in [1.54, 1.807) is 12.1 Å². The standard InChI is InChI=1S/C15H18O4/c1-10(2)19-14-7-5-11(3)9-12(14)13(16)6-8-15(17)18-4/h5-10H,1-4H3/b8-6+. The van der Waals surface area contributed by atoms with E-state index in [4.69, 9.17) is 4.74 Å². The smallest absolute Gasteiger partial charge is 0.330 e. The molecule has 0 radical (unpaired) electrons. The molecule has 0 N–H and O–H groups in total. The topological polar surface area (TPSA) is 52.6 Å². The van der Waals surface area contributed by atoms with Gasteiger partial charge in [0.2, 0.25) is 0 Å². The van der Waals surface area contributed by atoms with Crippen LogP contribution in [0, 0.1) is 6.92 Å². The largest absolute Gasteiger partial charge is 0.490 e. The lowest BCUT2D eigenvalue weighted by Gasteiger charge is -2.13. The van der Waals surface area contributed by atoms with Gasteiger partial charge in [0.05, 0.1) is 18.8 Å². The quantitative estimate of drug-likeness (QED) is 0.465. The molecular weight excluding hydrogens is 244 g/mol. The fraction of sp³-hybridized carbons (Fsp3) is 0.333. The predicted molar refractivity (Wildman–Crippen MR) is 72.4 cm³/mol. The first-order valence-corrected chi connectivity index (χ1v) is 6.01. The molecule has 1 rings (SSSR count). The van der Waals surface area contributed by atoms with Gasteiger partial charge in [0, 0.05) is 6.08 Å². The molecule has 4 nitrogen and oxygen atoms in total. The molecule has 0 fully saturated rings. The van der Waals surface area contributed by atoms with Crippen LogP contribution in [-0.4, -0.2) is 25.0 Å². The monoisotopic (exact) mass is 262 g/mol. The summed E-state index contributed by atoms with van der Waals surface area (Å²) < 4.78 is 10.0. The third-order valence-electron chi connectivity index (χ3n) is 2.34. The second-order valence-corrected chi connectivity index (χ2v) is 4.39. The number of hydrogen-bond donors (Lipinski definition) is 0. The summed E-state index contributed by atoms with van der Waals surface area (Å²) >= 11 is 0. The first-order chi connectivity index (χ1) is 8.93. The average Bonchev–Trinajstić information content (AvgIpc) is 2.37. The minimum absolute atomic E-state index is 0.0288. The fourth-order valence-corrected chi connectivity index (χ4v) is 1.49. The van der Waals surface area contributed by atoms with Gasteiger partial charge in [-0.15, -0.1) is 0 Å². The van der Waals surface area contributed by atoms with Crippen molar-refractivity contribution in [2.24, 2.45) is 0 Å². The Hall–Kier alpha value is -2.10. The number of hydrogen-bond acceptors (Lipinski definition) is 4. The maximum Gasteiger partial charge on any atom is 0.330 e. The minimum atomic E-state index is -0.563. The van der Waals surface area contributed by atoms with Crippen LogP contribution in [0.15, 0.2) is 30.4 Å². The molecule has 102 valence electrons. The molecule has 0 aliphatic carbocycles. The Kier molecular flexibility index (Phi) is 5.30. The molecule has 1 aromatic carbocycles. The van der Waals surface area contributed by atoms with Crippen molar-refractivity contribution in [3.05, 3.63) is 41.5 Å². The Bertz CT molecular complexity index is 501. The van der Waals surface area contributed by atoms with Gasteiger partial charge < -0.3 is 9.47 Å². The van der Waals surface area contributed by atoms with Gasteiger partial charge in [-0.05, 0) is 39.0 Å². The predicted octanol–water partition coefficient (Wildman–Crippen LogP) is 2.69. The van der Waals surface area contributed by atoms with E-state index in [-0.39, 0.29) is 11.9 Å². The summed E-state index contributed by atoms with van der Waals surface area (Å²) in [6, 6.07) is 5.37. The van der Waals surface area contributed by atoms with Crippen molar-refractivity contribution >= 4 is 11.8 Å². The molecule has 0 aromatic heterocycles. The molecule has 0 unspecified atom stereocenters. The fourth-order valence-electron chi connectivity index (χ4n) is 1.49. The van der Waals surface area contributed by atoms with Crippen molar-refractivity contribution < 1.29 is 19.1 Å². The number of allylic oxidation sites excluding steroid dienone is 1. The van der Waals surface area contributed by atoms with Gasteiger partial charge in [-0.3, -0.25) is 4.79 Å². The number of esters is 1. The summed E-state index contributed by atoms with van der Waals surface area (Å²) in [7, 11) is 1.26. The molecule has 0 atom stereocenters. The molecule has 0 spiro atoms. The van der Waals surface area contributed by atoms with Crippen LogP contribution in [-0.2, 0) is 9.53 Å². The van der Waals surface area contributed by atoms with Crippen LogP contribution in [0.4, 0.5) is 0 Å². The van der Waals surface area contributed by atoms with E-state index in [0.717, 1.165) is 11.6 Å². The van der Waals surface area contributed by atoms with Crippen molar-refractivity contribution in [1.82, 2.24) is 0 Å². The van der Waals surface area contributed by atoms with E-state index in [1.807, 2.05) is 26.8 Å². The van der Waals surface area contributed by atoms with Crippen molar-refractivity contribution in [1.29, 1.82) is 0 Å². The molecule has 0 bridgehead atoms. The zero-order valence-corrected chi connectivity index (χ0v) is 11.6. The lowest BCUT2D eigenvalue weighted by Crippen LogP contribution is -2.09. The van der Waals surface area contributed by atoms with Crippen molar-refractivity contribution in [3.63, 3.8) is 0 Å². The van der Waals surface area contributed by atoms with E-state index in [2.05, 4.69) is 4.74 Å². The maximum atomic E-state index is 12.0. The van der Waals surface area contributed by atoms with E-state index >= 15 is 0 Å². The molecule has 0 amide bonds. The van der Waals surface area contributed by atoms with E-state index < -0.39 is 5.97 Å². The van der Waals surface area contributed by atoms with E-state index in [0.29, 0.717) is 11.3 Å².